The number of nitrogens with zero attached hydrogens (tertiary/aromatic N) is 1. The summed E-state index contributed by atoms with van der Waals surface area (Å²) < 4.78 is 11.8. The molecule has 5 N–H and O–H groups in total. The largest absolute Gasteiger partial charge is 0.496 e. The maximum absolute atomic E-state index is 12.7. The van der Waals surface area contributed by atoms with Crippen LogP contribution in [0.15, 0.2) is 42.6 Å². The molecule has 10 nitrogen and oxygen atoms in total. The van der Waals surface area contributed by atoms with Gasteiger partial charge in [0.1, 0.15) is 11.8 Å². The van der Waals surface area contributed by atoms with Gasteiger partial charge < -0.3 is 30.6 Å². The Morgan fingerprint density at radius 1 is 1.23 bits per heavy atom. The van der Waals surface area contributed by atoms with E-state index in [1.807, 2.05) is 25.3 Å². The molecule has 3 aromatic rings. The number of piperidine rings is 1. The van der Waals surface area contributed by atoms with Crippen LogP contribution in [0, 0.1) is 6.92 Å². The highest BCUT2D eigenvalue weighted by Gasteiger charge is 2.31. The molecule has 1 aliphatic rings. The predicted molar refractivity (Wildman–Crippen MR) is 147 cm³/mol. The van der Waals surface area contributed by atoms with Crippen LogP contribution in [-0.2, 0) is 20.9 Å². The van der Waals surface area contributed by atoms with Crippen LogP contribution < -0.4 is 15.8 Å². The summed E-state index contributed by atoms with van der Waals surface area (Å²) in [5.74, 6) is -1.86. The third-order valence-electron chi connectivity index (χ3n) is 7.33. The van der Waals surface area contributed by atoms with E-state index in [9.17, 15) is 19.5 Å². The minimum absolute atomic E-state index is 0.0361. The van der Waals surface area contributed by atoms with Gasteiger partial charge in [0, 0.05) is 54.0 Å². The van der Waals surface area contributed by atoms with Crippen LogP contribution in [0.1, 0.15) is 59.3 Å². The third kappa shape index (κ3) is 6.40. The first-order chi connectivity index (χ1) is 18.7. The van der Waals surface area contributed by atoms with E-state index in [2.05, 4.69) is 34.3 Å². The number of primary amides is 1. The van der Waals surface area contributed by atoms with Crippen LogP contribution in [0.25, 0.3) is 10.9 Å². The molecule has 208 valence electrons. The van der Waals surface area contributed by atoms with Crippen molar-refractivity contribution in [2.45, 2.75) is 57.8 Å². The summed E-state index contributed by atoms with van der Waals surface area (Å²) >= 11 is 0. The number of ether oxygens (including phenoxy) is 2. The Hall–Kier alpha value is -3.89. The Balaban J connectivity index is 1.59. The smallest absolute Gasteiger partial charge is 0.326 e. The minimum atomic E-state index is -1.38. The summed E-state index contributed by atoms with van der Waals surface area (Å²) in [6, 6.07) is 9.93. The quantitative estimate of drug-likeness (QED) is 0.294. The fraction of sp³-hybridized carbons (Fsp3) is 0.414. The minimum Gasteiger partial charge on any atom is -0.496 e. The van der Waals surface area contributed by atoms with Gasteiger partial charge in [-0.25, -0.2) is 4.79 Å². The first-order valence-electron chi connectivity index (χ1n) is 13.1. The standard InChI is InChI=1S/C29H36N4O6/c1-4-39-20-10-12-33(16-22-21-9-11-31-27(21)17(2)13-25(22)38-3)24(14-20)18-5-7-19(8-6-18)28(35)32-23(29(36)37)15-26(30)34/h5-9,11,13,20,23-24,31H,4,10,12,14-16H2,1-3H3,(H2,30,34)(H,32,35)(H,36,37)/t20-,23+,24+/m1/s1. The number of aryl methyl sites for hydroxylation is 1. The first kappa shape index (κ1) is 28.1. The van der Waals surface area contributed by atoms with Crippen molar-refractivity contribution in [1.82, 2.24) is 15.2 Å². The lowest BCUT2D eigenvalue weighted by Crippen LogP contribution is -2.43. The van der Waals surface area contributed by atoms with Gasteiger partial charge in [0.05, 0.1) is 19.6 Å². The molecule has 0 radical (unpaired) electrons. The molecule has 0 spiro atoms. The van der Waals surface area contributed by atoms with Gasteiger partial charge in [0.15, 0.2) is 0 Å². The van der Waals surface area contributed by atoms with Crippen molar-refractivity contribution in [2.75, 3.05) is 20.3 Å². The number of benzene rings is 2. The van der Waals surface area contributed by atoms with Crippen molar-refractivity contribution in [3.63, 3.8) is 0 Å². The van der Waals surface area contributed by atoms with Crippen LogP contribution in [0.5, 0.6) is 5.75 Å². The molecule has 4 rings (SSSR count). The summed E-state index contributed by atoms with van der Waals surface area (Å²) in [7, 11) is 1.69. The molecule has 39 heavy (non-hydrogen) atoms. The highest BCUT2D eigenvalue weighted by molar-refractivity contribution is 5.97. The van der Waals surface area contributed by atoms with Crippen LogP contribution >= 0.6 is 0 Å². The summed E-state index contributed by atoms with van der Waals surface area (Å²) in [4.78, 5) is 41.0. The second-order valence-corrected chi connectivity index (χ2v) is 9.89. The molecule has 1 saturated heterocycles. The molecule has 2 amide bonds. The predicted octanol–water partition coefficient (Wildman–Crippen LogP) is 3.29. The van der Waals surface area contributed by atoms with E-state index in [-0.39, 0.29) is 12.1 Å². The van der Waals surface area contributed by atoms with Crippen molar-refractivity contribution in [3.05, 3.63) is 64.8 Å². The number of nitrogens with one attached hydrogen (secondary N) is 2. The van der Waals surface area contributed by atoms with Gasteiger partial charge in [-0.15, -0.1) is 0 Å². The fourth-order valence-electron chi connectivity index (χ4n) is 5.39. The molecule has 2 heterocycles. The normalized spacial score (nSPS) is 18.5. The first-order valence-corrected chi connectivity index (χ1v) is 13.1. The highest BCUT2D eigenvalue weighted by Crippen LogP contribution is 2.38. The van der Waals surface area contributed by atoms with Crippen LogP contribution in [0.4, 0.5) is 0 Å². The molecule has 3 atom stereocenters. The number of hydrogen-bond acceptors (Lipinski definition) is 6. The number of H-pyrrole nitrogens is 1. The van der Waals surface area contributed by atoms with E-state index in [4.69, 9.17) is 15.2 Å². The van der Waals surface area contributed by atoms with E-state index < -0.39 is 30.2 Å². The molecule has 10 heteroatoms. The number of aliphatic carboxylic acids is 1. The summed E-state index contributed by atoms with van der Waals surface area (Å²) in [6.45, 7) is 6.20. The zero-order valence-electron chi connectivity index (χ0n) is 22.5. The Bertz CT molecular complexity index is 1340. The number of likely N-dealkylation sites (tertiary alicyclic amines) is 1. The summed E-state index contributed by atoms with van der Waals surface area (Å²) in [6.07, 6.45) is 3.29. The number of amides is 2. The third-order valence-corrected chi connectivity index (χ3v) is 7.33. The number of carboxylic acids is 1. The molecule has 1 aromatic heterocycles. The molecule has 0 aliphatic carbocycles. The average Bonchev–Trinajstić information content (AvgIpc) is 3.41. The van der Waals surface area contributed by atoms with E-state index in [1.165, 1.54) is 0 Å². The van der Waals surface area contributed by atoms with Crippen molar-refractivity contribution in [3.8, 4) is 5.75 Å². The van der Waals surface area contributed by atoms with Gasteiger partial charge in [-0.1, -0.05) is 12.1 Å². The van der Waals surface area contributed by atoms with Crippen molar-refractivity contribution >= 4 is 28.7 Å². The molecule has 2 aromatic carbocycles. The Morgan fingerprint density at radius 2 is 1.97 bits per heavy atom. The van der Waals surface area contributed by atoms with Gasteiger partial charge in [-0.2, -0.15) is 0 Å². The zero-order valence-corrected chi connectivity index (χ0v) is 22.5. The second kappa shape index (κ2) is 12.3. The number of nitrogens with two attached hydrogens (primary N) is 1. The SMILES string of the molecule is CCO[C@@H]1CCN(Cc2c(OC)cc(C)c3[nH]ccc23)[C@H](c2ccc(C(=O)N[C@@H](CC(N)=O)C(=O)O)cc2)C1. The number of hydrogen-bond donors (Lipinski definition) is 4. The molecule has 0 saturated carbocycles. The van der Waals surface area contributed by atoms with Gasteiger partial charge in [0.25, 0.3) is 5.91 Å². The molecular formula is C29H36N4O6. The number of fused-ring (bicyclic) bond motifs is 1. The van der Waals surface area contributed by atoms with Crippen molar-refractivity contribution in [2.24, 2.45) is 5.73 Å². The monoisotopic (exact) mass is 536 g/mol. The maximum atomic E-state index is 12.7. The van der Waals surface area contributed by atoms with E-state index >= 15 is 0 Å². The lowest BCUT2D eigenvalue weighted by molar-refractivity contribution is -0.140. The van der Waals surface area contributed by atoms with Crippen LogP contribution in [-0.4, -0.2) is 65.2 Å². The van der Waals surface area contributed by atoms with E-state index in [0.29, 0.717) is 18.7 Å². The van der Waals surface area contributed by atoms with E-state index in [0.717, 1.165) is 52.7 Å². The van der Waals surface area contributed by atoms with E-state index in [1.54, 1.807) is 19.2 Å². The number of carboxylic acid groups (broad SMARTS) is 1. The lowest BCUT2D eigenvalue weighted by atomic mass is 9.91. The van der Waals surface area contributed by atoms with Crippen LogP contribution in [0.2, 0.25) is 0 Å². The average molecular weight is 537 g/mol. The second-order valence-electron chi connectivity index (χ2n) is 9.89. The molecule has 0 unspecified atom stereocenters. The van der Waals surface area contributed by atoms with Gasteiger partial charge in [-0.05, 0) is 62.1 Å². The number of aromatic amines is 1. The molecule has 1 fully saturated rings. The summed E-state index contributed by atoms with van der Waals surface area (Å²) in [5, 5.41) is 12.8. The Morgan fingerprint density at radius 3 is 2.62 bits per heavy atom. The molecule has 0 bridgehead atoms. The van der Waals surface area contributed by atoms with Crippen molar-refractivity contribution in [1.29, 1.82) is 0 Å². The molecular weight excluding hydrogens is 500 g/mol. The molecule has 1 aliphatic heterocycles. The zero-order chi connectivity index (χ0) is 28.1. The van der Waals surface area contributed by atoms with Gasteiger partial charge in [-0.3, -0.25) is 14.5 Å². The number of carbonyl (C=O) groups is 3. The fourth-order valence-corrected chi connectivity index (χ4v) is 5.39. The lowest BCUT2D eigenvalue weighted by Gasteiger charge is -2.40. The number of carbonyl (C=O) groups excluding carboxylic acids is 2. The van der Waals surface area contributed by atoms with Gasteiger partial charge >= 0.3 is 5.97 Å². The topological polar surface area (TPSA) is 147 Å². The highest BCUT2D eigenvalue weighted by atomic mass is 16.5. The number of rotatable bonds is 11. The van der Waals surface area contributed by atoms with Crippen LogP contribution in [0.3, 0.4) is 0 Å². The Kier molecular flexibility index (Phi) is 8.88. The van der Waals surface area contributed by atoms with Gasteiger partial charge in [0.2, 0.25) is 5.91 Å². The number of aromatic nitrogens is 1. The maximum Gasteiger partial charge on any atom is 0.326 e. The van der Waals surface area contributed by atoms with Crippen molar-refractivity contribution < 1.29 is 29.0 Å². The number of methoxy groups -OCH3 is 1. The Labute approximate surface area is 227 Å². The summed E-state index contributed by atoms with van der Waals surface area (Å²) in [5.41, 5.74) is 9.78.